The molecule has 0 aromatic rings. The fourth-order valence-electron chi connectivity index (χ4n) is 1.33. The average Bonchev–Trinajstić information content (AvgIpc) is 2.44. The molecule has 0 aromatic carbocycles. The Morgan fingerprint density at radius 3 is 2.60 bits per heavy atom. The summed E-state index contributed by atoms with van der Waals surface area (Å²) < 4.78 is 4.95. The van der Waals surface area contributed by atoms with Crippen LogP contribution in [-0.2, 0) is 14.4 Å². The number of Topliss-reactive ketones (excluding diaryl/α,β-unsaturated/α-hetero) is 1. The molecular formula is C10H17NO4. The van der Waals surface area contributed by atoms with Gasteiger partial charge in [-0.2, -0.15) is 5.48 Å². The van der Waals surface area contributed by atoms with Crippen molar-refractivity contribution in [3.8, 4) is 0 Å². The number of hydrogen-bond acceptors (Lipinski definition) is 4. The second-order valence-corrected chi connectivity index (χ2v) is 4.57. The summed E-state index contributed by atoms with van der Waals surface area (Å²) in [6.45, 7) is 5.27. The summed E-state index contributed by atoms with van der Waals surface area (Å²) in [4.78, 5) is 27.3. The summed E-state index contributed by atoms with van der Waals surface area (Å²) in [6, 6.07) is 0. The molecule has 1 saturated carbocycles. The van der Waals surface area contributed by atoms with Gasteiger partial charge in [-0.1, -0.05) is 0 Å². The van der Waals surface area contributed by atoms with Gasteiger partial charge in [0.05, 0.1) is 0 Å². The van der Waals surface area contributed by atoms with Crippen molar-refractivity contribution in [1.82, 2.24) is 5.48 Å². The average molecular weight is 215 g/mol. The molecule has 0 aliphatic heterocycles. The third-order valence-corrected chi connectivity index (χ3v) is 1.93. The first-order chi connectivity index (χ1) is 6.88. The van der Waals surface area contributed by atoms with Crippen molar-refractivity contribution >= 4 is 11.9 Å². The third-order valence-electron chi connectivity index (χ3n) is 1.93. The van der Waals surface area contributed by atoms with E-state index in [4.69, 9.17) is 9.57 Å². The van der Waals surface area contributed by atoms with Gasteiger partial charge in [0.15, 0.2) is 5.78 Å². The predicted molar refractivity (Wildman–Crippen MR) is 53.1 cm³/mol. The summed E-state index contributed by atoms with van der Waals surface area (Å²) in [5.41, 5.74) is 1.57. The largest absolute Gasteiger partial charge is 0.442 e. The second kappa shape index (κ2) is 4.61. The van der Waals surface area contributed by atoms with Crippen LogP contribution < -0.4 is 5.48 Å². The van der Waals surface area contributed by atoms with Crippen LogP contribution >= 0.6 is 0 Å². The number of rotatable bonds is 2. The van der Waals surface area contributed by atoms with Crippen molar-refractivity contribution in [3.05, 3.63) is 0 Å². The maximum Gasteiger partial charge on any atom is 0.431 e. The van der Waals surface area contributed by atoms with Gasteiger partial charge in [0.2, 0.25) is 0 Å². The highest BCUT2D eigenvalue weighted by atomic mass is 16.7. The monoisotopic (exact) mass is 215 g/mol. The molecule has 86 valence electrons. The van der Waals surface area contributed by atoms with E-state index in [2.05, 4.69) is 5.48 Å². The van der Waals surface area contributed by atoms with Crippen LogP contribution in [0.1, 0.15) is 40.0 Å². The molecular weight excluding hydrogens is 198 g/mol. The summed E-state index contributed by atoms with van der Waals surface area (Å²) in [6.07, 6.45) is 0.842. The number of ketones is 1. The van der Waals surface area contributed by atoms with E-state index in [1.807, 2.05) is 0 Å². The molecule has 0 spiro atoms. The molecule has 1 amide bonds. The Kier molecular flexibility index (Phi) is 3.68. The van der Waals surface area contributed by atoms with Gasteiger partial charge in [0.25, 0.3) is 0 Å². The minimum absolute atomic E-state index is 0.0334. The van der Waals surface area contributed by atoms with Crippen molar-refractivity contribution < 1.29 is 19.2 Å². The lowest BCUT2D eigenvalue weighted by atomic mass is 10.2. The fourth-order valence-corrected chi connectivity index (χ4v) is 1.33. The zero-order valence-electron chi connectivity index (χ0n) is 9.33. The minimum Gasteiger partial charge on any atom is -0.442 e. The smallest absolute Gasteiger partial charge is 0.431 e. The van der Waals surface area contributed by atoms with E-state index in [1.54, 1.807) is 20.8 Å². The van der Waals surface area contributed by atoms with Gasteiger partial charge in [-0.3, -0.25) is 9.63 Å². The molecule has 1 fully saturated rings. The third kappa shape index (κ3) is 4.29. The molecule has 1 unspecified atom stereocenters. The van der Waals surface area contributed by atoms with Crippen LogP contribution in [-0.4, -0.2) is 23.6 Å². The maximum atomic E-state index is 11.2. The van der Waals surface area contributed by atoms with E-state index in [-0.39, 0.29) is 5.78 Å². The highest BCUT2D eigenvalue weighted by Crippen LogP contribution is 2.16. The molecule has 1 aliphatic carbocycles. The van der Waals surface area contributed by atoms with Crippen molar-refractivity contribution in [2.75, 3.05) is 0 Å². The Labute approximate surface area is 89.1 Å². The zero-order valence-corrected chi connectivity index (χ0v) is 9.33. The quantitative estimate of drug-likeness (QED) is 0.710. The SMILES string of the molecule is CC(C)(C)OC(=O)NOC1CCCC1=O. The van der Waals surface area contributed by atoms with Crippen molar-refractivity contribution in [1.29, 1.82) is 0 Å². The van der Waals surface area contributed by atoms with Crippen LogP contribution in [0.5, 0.6) is 0 Å². The standard InChI is InChI=1S/C10H17NO4/c1-10(2,3)14-9(13)11-15-8-6-4-5-7(8)12/h8H,4-6H2,1-3H3,(H,11,13). The summed E-state index contributed by atoms with van der Waals surface area (Å²) >= 11 is 0. The number of carbonyl (C=O) groups excluding carboxylic acids is 2. The molecule has 1 rings (SSSR count). The van der Waals surface area contributed by atoms with Crippen LogP contribution in [0.2, 0.25) is 0 Å². The van der Waals surface area contributed by atoms with Crippen LogP contribution in [0.4, 0.5) is 4.79 Å². The van der Waals surface area contributed by atoms with E-state index in [9.17, 15) is 9.59 Å². The van der Waals surface area contributed by atoms with Gasteiger partial charge >= 0.3 is 6.09 Å². The van der Waals surface area contributed by atoms with Crippen LogP contribution in [0.3, 0.4) is 0 Å². The fraction of sp³-hybridized carbons (Fsp3) is 0.800. The van der Waals surface area contributed by atoms with Gasteiger partial charge in [-0.05, 0) is 33.6 Å². The summed E-state index contributed by atoms with van der Waals surface area (Å²) in [5, 5.41) is 0. The van der Waals surface area contributed by atoms with Gasteiger partial charge in [-0.15, -0.1) is 0 Å². The lowest BCUT2D eigenvalue weighted by Gasteiger charge is -2.20. The second-order valence-electron chi connectivity index (χ2n) is 4.57. The number of hydrogen-bond donors (Lipinski definition) is 1. The predicted octanol–water partition coefficient (Wildman–Crippen LogP) is 1.56. The van der Waals surface area contributed by atoms with Gasteiger partial charge in [-0.25, -0.2) is 4.79 Å². The number of ether oxygens (including phenoxy) is 1. The van der Waals surface area contributed by atoms with E-state index in [1.165, 1.54) is 0 Å². The highest BCUT2D eigenvalue weighted by molar-refractivity contribution is 5.85. The normalized spacial score (nSPS) is 21.5. The molecule has 5 nitrogen and oxygen atoms in total. The van der Waals surface area contributed by atoms with Crippen LogP contribution in [0.15, 0.2) is 0 Å². The van der Waals surface area contributed by atoms with Crippen LogP contribution in [0, 0.1) is 0 Å². The van der Waals surface area contributed by atoms with E-state index >= 15 is 0 Å². The summed E-state index contributed by atoms with van der Waals surface area (Å²) in [5.74, 6) is 0.0334. The molecule has 1 atom stereocenters. The molecule has 0 bridgehead atoms. The Morgan fingerprint density at radius 2 is 2.13 bits per heavy atom. The lowest BCUT2D eigenvalue weighted by molar-refractivity contribution is -0.131. The Hall–Kier alpha value is -1.10. The van der Waals surface area contributed by atoms with Gasteiger partial charge in [0, 0.05) is 6.42 Å². The molecule has 0 radical (unpaired) electrons. The molecule has 1 aliphatic rings. The van der Waals surface area contributed by atoms with E-state index < -0.39 is 17.8 Å². The van der Waals surface area contributed by atoms with Crippen molar-refractivity contribution in [2.24, 2.45) is 0 Å². The number of amides is 1. The van der Waals surface area contributed by atoms with E-state index in [0.29, 0.717) is 12.8 Å². The highest BCUT2D eigenvalue weighted by Gasteiger charge is 2.27. The first kappa shape index (κ1) is 12.0. The summed E-state index contributed by atoms with van der Waals surface area (Å²) in [7, 11) is 0. The Balaban J connectivity index is 2.25. The topological polar surface area (TPSA) is 64.6 Å². The maximum absolute atomic E-state index is 11.2. The minimum atomic E-state index is -0.665. The van der Waals surface area contributed by atoms with Gasteiger partial charge < -0.3 is 4.74 Å². The first-order valence-electron chi connectivity index (χ1n) is 5.06. The number of nitrogens with one attached hydrogen (secondary N) is 1. The Bertz CT molecular complexity index is 257. The van der Waals surface area contributed by atoms with E-state index in [0.717, 1.165) is 6.42 Å². The van der Waals surface area contributed by atoms with Gasteiger partial charge in [0.1, 0.15) is 11.7 Å². The molecule has 0 saturated heterocycles. The molecule has 1 N–H and O–H groups in total. The van der Waals surface area contributed by atoms with Crippen LogP contribution in [0.25, 0.3) is 0 Å². The van der Waals surface area contributed by atoms with Crippen molar-refractivity contribution in [3.63, 3.8) is 0 Å². The number of carbonyl (C=O) groups is 2. The molecule has 5 heteroatoms. The molecule has 0 aromatic heterocycles. The lowest BCUT2D eigenvalue weighted by Crippen LogP contribution is -2.36. The zero-order chi connectivity index (χ0) is 11.5. The number of hydroxylamine groups is 1. The van der Waals surface area contributed by atoms with Crippen molar-refractivity contribution in [2.45, 2.75) is 51.7 Å². The molecule has 0 heterocycles. The first-order valence-corrected chi connectivity index (χ1v) is 5.06. The molecule has 15 heavy (non-hydrogen) atoms. The Morgan fingerprint density at radius 1 is 1.47 bits per heavy atom.